The molecule has 1 atom stereocenters. The molecule has 4 heteroatoms. The van der Waals surface area contributed by atoms with Crippen molar-refractivity contribution in [2.75, 3.05) is 19.7 Å². The molecular formula is C16H24N2O2. The standard InChI is InChI=1S/C16H24N2O2/c1-2-20-15-9-6-5-8-13(15)14(17)12-18-11-7-3-4-10-16(18)19/h5-6,8-9,14H,2-4,7,10-12,17H2,1H3. The van der Waals surface area contributed by atoms with Gasteiger partial charge in [0, 0.05) is 25.1 Å². The van der Waals surface area contributed by atoms with E-state index in [1.54, 1.807) is 0 Å². The number of likely N-dealkylation sites (tertiary alicyclic amines) is 1. The molecule has 1 fully saturated rings. The molecule has 2 N–H and O–H groups in total. The number of nitrogens with zero attached hydrogens (tertiary/aromatic N) is 1. The van der Waals surface area contributed by atoms with Gasteiger partial charge in [0.15, 0.2) is 0 Å². The van der Waals surface area contributed by atoms with Crippen LogP contribution >= 0.6 is 0 Å². The van der Waals surface area contributed by atoms with E-state index in [4.69, 9.17) is 10.5 Å². The lowest BCUT2D eigenvalue weighted by Crippen LogP contribution is -2.36. The van der Waals surface area contributed by atoms with Crippen molar-refractivity contribution in [1.82, 2.24) is 4.90 Å². The van der Waals surface area contributed by atoms with Gasteiger partial charge in [-0.05, 0) is 25.8 Å². The highest BCUT2D eigenvalue weighted by Crippen LogP contribution is 2.25. The molecule has 20 heavy (non-hydrogen) atoms. The first kappa shape index (κ1) is 14.9. The number of benzene rings is 1. The van der Waals surface area contributed by atoms with Crippen molar-refractivity contribution in [3.63, 3.8) is 0 Å². The molecule has 4 nitrogen and oxygen atoms in total. The Morgan fingerprint density at radius 1 is 1.30 bits per heavy atom. The fourth-order valence-corrected chi connectivity index (χ4v) is 2.64. The van der Waals surface area contributed by atoms with Crippen molar-refractivity contribution in [3.8, 4) is 5.75 Å². The van der Waals surface area contributed by atoms with Crippen LogP contribution < -0.4 is 10.5 Å². The summed E-state index contributed by atoms with van der Waals surface area (Å²) in [5, 5.41) is 0. The van der Waals surface area contributed by atoms with Crippen molar-refractivity contribution < 1.29 is 9.53 Å². The van der Waals surface area contributed by atoms with E-state index in [0.29, 0.717) is 19.6 Å². The van der Waals surface area contributed by atoms with Crippen molar-refractivity contribution in [2.45, 2.75) is 38.6 Å². The third-order valence-corrected chi connectivity index (χ3v) is 3.71. The Hall–Kier alpha value is -1.55. The summed E-state index contributed by atoms with van der Waals surface area (Å²) in [6, 6.07) is 7.63. The Labute approximate surface area is 120 Å². The second-order valence-electron chi connectivity index (χ2n) is 5.23. The zero-order valence-electron chi connectivity index (χ0n) is 12.2. The van der Waals surface area contributed by atoms with Gasteiger partial charge in [0.25, 0.3) is 0 Å². The van der Waals surface area contributed by atoms with Crippen LogP contribution in [0.3, 0.4) is 0 Å². The molecule has 110 valence electrons. The number of rotatable bonds is 5. The van der Waals surface area contributed by atoms with Gasteiger partial charge in [0.1, 0.15) is 5.75 Å². The molecule has 1 saturated heterocycles. The lowest BCUT2D eigenvalue weighted by Gasteiger charge is -2.25. The molecule has 1 aliphatic heterocycles. The van der Waals surface area contributed by atoms with Gasteiger partial charge in [0.2, 0.25) is 5.91 Å². The van der Waals surface area contributed by atoms with Crippen LogP contribution in [0.2, 0.25) is 0 Å². The minimum Gasteiger partial charge on any atom is -0.494 e. The van der Waals surface area contributed by atoms with Gasteiger partial charge < -0.3 is 15.4 Å². The van der Waals surface area contributed by atoms with E-state index in [1.165, 1.54) is 0 Å². The monoisotopic (exact) mass is 276 g/mol. The number of hydrogen-bond acceptors (Lipinski definition) is 3. The zero-order chi connectivity index (χ0) is 14.4. The maximum atomic E-state index is 12.0. The zero-order valence-corrected chi connectivity index (χ0v) is 12.2. The molecule has 1 unspecified atom stereocenters. The average molecular weight is 276 g/mol. The van der Waals surface area contributed by atoms with Gasteiger partial charge in [-0.2, -0.15) is 0 Å². The number of ether oxygens (including phenoxy) is 1. The molecular weight excluding hydrogens is 252 g/mol. The SMILES string of the molecule is CCOc1ccccc1C(N)CN1CCCCCC1=O. The number of nitrogens with two attached hydrogens (primary N) is 1. The summed E-state index contributed by atoms with van der Waals surface area (Å²) >= 11 is 0. The van der Waals surface area contributed by atoms with Crippen LogP contribution in [0.5, 0.6) is 5.75 Å². The third kappa shape index (κ3) is 3.73. The Bertz CT molecular complexity index is 448. The minimum atomic E-state index is -0.195. The molecule has 0 aromatic heterocycles. The van der Waals surface area contributed by atoms with Crippen LogP contribution in [-0.4, -0.2) is 30.5 Å². The molecule has 0 radical (unpaired) electrons. The Kier molecular flexibility index (Phi) is 5.41. The van der Waals surface area contributed by atoms with Crippen LogP contribution in [0.15, 0.2) is 24.3 Å². The number of amides is 1. The van der Waals surface area contributed by atoms with E-state index in [9.17, 15) is 4.79 Å². The van der Waals surface area contributed by atoms with Crippen molar-refractivity contribution >= 4 is 5.91 Å². The van der Waals surface area contributed by atoms with Crippen molar-refractivity contribution in [1.29, 1.82) is 0 Å². The highest BCUT2D eigenvalue weighted by molar-refractivity contribution is 5.76. The van der Waals surface area contributed by atoms with Crippen LogP contribution in [0.4, 0.5) is 0 Å². The summed E-state index contributed by atoms with van der Waals surface area (Å²) in [4.78, 5) is 13.9. The van der Waals surface area contributed by atoms with Gasteiger partial charge in [-0.25, -0.2) is 0 Å². The fraction of sp³-hybridized carbons (Fsp3) is 0.562. The Morgan fingerprint density at radius 3 is 2.90 bits per heavy atom. The predicted octanol–water partition coefficient (Wildman–Crippen LogP) is 2.49. The van der Waals surface area contributed by atoms with Crippen LogP contribution in [0.1, 0.15) is 44.2 Å². The fourth-order valence-electron chi connectivity index (χ4n) is 2.64. The summed E-state index contributed by atoms with van der Waals surface area (Å²) in [5.41, 5.74) is 7.27. The summed E-state index contributed by atoms with van der Waals surface area (Å²) in [6.45, 7) is 3.97. The highest BCUT2D eigenvalue weighted by Gasteiger charge is 2.21. The second-order valence-corrected chi connectivity index (χ2v) is 5.23. The third-order valence-electron chi connectivity index (χ3n) is 3.71. The van der Waals surface area contributed by atoms with Gasteiger partial charge in [-0.1, -0.05) is 24.6 Å². The quantitative estimate of drug-likeness (QED) is 0.899. The Morgan fingerprint density at radius 2 is 2.10 bits per heavy atom. The smallest absolute Gasteiger partial charge is 0.222 e. The molecule has 0 aliphatic carbocycles. The molecule has 1 aliphatic rings. The van der Waals surface area contributed by atoms with Gasteiger partial charge in [-0.3, -0.25) is 4.79 Å². The molecule has 0 saturated carbocycles. The highest BCUT2D eigenvalue weighted by atomic mass is 16.5. The normalized spacial score (nSPS) is 17.7. The first-order valence-electron chi connectivity index (χ1n) is 7.47. The lowest BCUT2D eigenvalue weighted by molar-refractivity contribution is -0.130. The maximum Gasteiger partial charge on any atom is 0.222 e. The van der Waals surface area contributed by atoms with Crippen molar-refractivity contribution in [2.24, 2.45) is 5.73 Å². The Balaban J connectivity index is 2.07. The molecule has 1 amide bonds. The van der Waals surface area contributed by atoms with Gasteiger partial charge in [-0.15, -0.1) is 0 Å². The molecule has 2 rings (SSSR count). The van der Waals surface area contributed by atoms with E-state index in [1.807, 2.05) is 36.1 Å². The number of para-hydroxylation sites is 1. The molecule has 1 aromatic rings. The van der Waals surface area contributed by atoms with Gasteiger partial charge in [0.05, 0.1) is 12.6 Å². The number of carbonyl (C=O) groups excluding carboxylic acids is 1. The molecule has 0 bridgehead atoms. The predicted molar refractivity (Wildman–Crippen MR) is 79.6 cm³/mol. The molecule has 1 heterocycles. The van der Waals surface area contributed by atoms with Gasteiger partial charge >= 0.3 is 0 Å². The lowest BCUT2D eigenvalue weighted by atomic mass is 10.1. The van der Waals surface area contributed by atoms with E-state index in [2.05, 4.69) is 0 Å². The van der Waals surface area contributed by atoms with E-state index < -0.39 is 0 Å². The van der Waals surface area contributed by atoms with E-state index >= 15 is 0 Å². The molecule has 1 aromatic carbocycles. The number of hydrogen-bond donors (Lipinski definition) is 1. The van der Waals surface area contributed by atoms with Crippen LogP contribution in [0, 0.1) is 0 Å². The van der Waals surface area contributed by atoms with E-state index in [0.717, 1.165) is 37.1 Å². The summed E-state index contributed by atoms with van der Waals surface area (Å²) in [7, 11) is 0. The summed E-state index contributed by atoms with van der Waals surface area (Å²) in [5.74, 6) is 1.05. The first-order chi connectivity index (χ1) is 9.72. The largest absolute Gasteiger partial charge is 0.494 e. The van der Waals surface area contributed by atoms with Crippen LogP contribution in [0.25, 0.3) is 0 Å². The topological polar surface area (TPSA) is 55.6 Å². The summed E-state index contributed by atoms with van der Waals surface area (Å²) in [6.07, 6.45) is 3.86. The maximum absolute atomic E-state index is 12.0. The molecule has 0 spiro atoms. The van der Waals surface area contributed by atoms with Crippen LogP contribution in [-0.2, 0) is 4.79 Å². The summed E-state index contributed by atoms with van der Waals surface area (Å²) < 4.78 is 5.62. The van der Waals surface area contributed by atoms with E-state index in [-0.39, 0.29) is 11.9 Å². The minimum absolute atomic E-state index is 0.195. The number of carbonyl (C=O) groups is 1. The second kappa shape index (κ2) is 7.29. The average Bonchev–Trinajstić information content (AvgIpc) is 2.65. The van der Waals surface area contributed by atoms with Crippen molar-refractivity contribution in [3.05, 3.63) is 29.8 Å². The first-order valence-corrected chi connectivity index (χ1v) is 7.47.